The Balaban J connectivity index is 1.44. The number of piperidine rings is 1. The van der Waals surface area contributed by atoms with Gasteiger partial charge in [0.2, 0.25) is 0 Å². The molecule has 2 aliphatic heterocycles. The molecule has 140 valence electrons. The minimum Gasteiger partial charge on any atom is -0.497 e. The third-order valence-electron chi connectivity index (χ3n) is 5.77. The van der Waals surface area contributed by atoms with Crippen LogP contribution in [0.3, 0.4) is 0 Å². The number of aliphatic hydroxyl groups excluding tert-OH is 1. The summed E-state index contributed by atoms with van der Waals surface area (Å²) in [5.74, 6) is 0.804. The topological polar surface area (TPSA) is 39.2 Å². The van der Waals surface area contributed by atoms with Crippen LogP contribution >= 0.6 is 0 Å². The second-order valence-corrected chi connectivity index (χ2v) is 7.52. The number of nitrogens with zero attached hydrogens (tertiary/aromatic N) is 3. The second-order valence-electron chi connectivity index (χ2n) is 7.52. The van der Waals surface area contributed by atoms with E-state index in [1.165, 1.54) is 32.4 Å². The summed E-state index contributed by atoms with van der Waals surface area (Å²) >= 11 is 0. The fourth-order valence-electron chi connectivity index (χ4n) is 4.03. The first-order valence-corrected chi connectivity index (χ1v) is 9.62. The van der Waals surface area contributed by atoms with Gasteiger partial charge in [-0.05, 0) is 44.1 Å². The Morgan fingerprint density at radius 1 is 1.12 bits per heavy atom. The van der Waals surface area contributed by atoms with Crippen LogP contribution in [0.15, 0.2) is 24.3 Å². The summed E-state index contributed by atoms with van der Waals surface area (Å²) < 4.78 is 5.25. The zero-order valence-corrected chi connectivity index (χ0v) is 15.7. The number of piperazine rings is 1. The van der Waals surface area contributed by atoms with E-state index in [0.717, 1.165) is 43.5 Å². The Hall–Kier alpha value is -1.14. The van der Waals surface area contributed by atoms with E-state index in [0.29, 0.717) is 6.54 Å². The molecule has 0 aromatic heterocycles. The van der Waals surface area contributed by atoms with E-state index in [-0.39, 0.29) is 0 Å². The van der Waals surface area contributed by atoms with Gasteiger partial charge in [-0.3, -0.25) is 9.80 Å². The molecule has 5 heteroatoms. The quantitative estimate of drug-likeness (QED) is 0.850. The highest BCUT2D eigenvalue weighted by Gasteiger charge is 2.25. The van der Waals surface area contributed by atoms with Gasteiger partial charge in [-0.1, -0.05) is 18.6 Å². The summed E-state index contributed by atoms with van der Waals surface area (Å²) in [6.07, 6.45) is 3.61. The van der Waals surface area contributed by atoms with Gasteiger partial charge in [0, 0.05) is 45.3 Å². The zero-order chi connectivity index (χ0) is 17.6. The van der Waals surface area contributed by atoms with Gasteiger partial charge < -0.3 is 14.7 Å². The van der Waals surface area contributed by atoms with Crippen LogP contribution in [0.5, 0.6) is 5.75 Å². The maximum atomic E-state index is 10.5. The van der Waals surface area contributed by atoms with Gasteiger partial charge in [0.1, 0.15) is 5.75 Å². The molecule has 1 N–H and O–H groups in total. The van der Waals surface area contributed by atoms with Crippen molar-refractivity contribution in [1.29, 1.82) is 0 Å². The van der Waals surface area contributed by atoms with E-state index in [1.807, 2.05) is 24.3 Å². The number of β-amino-alcohol motifs (C(OH)–C–C–N with tert-alkyl or cyclic N) is 1. The maximum Gasteiger partial charge on any atom is 0.119 e. The number of ether oxygens (including phenoxy) is 1. The first-order chi connectivity index (χ1) is 12.2. The average molecular weight is 348 g/mol. The van der Waals surface area contributed by atoms with Gasteiger partial charge in [0.25, 0.3) is 0 Å². The van der Waals surface area contributed by atoms with Gasteiger partial charge >= 0.3 is 0 Å². The fraction of sp³-hybridized carbons (Fsp3) is 0.700. The van der Waals surface area contributed by atoms with Crippen molar-refractivity contribution in [2.45, 2.75) is 31.4 Å². The fourth-order valence-corrected chi connectivity index (χ4v) is 4.03. The lowest BCUT2D eigenvalue weighted by atomic mass is 10.0. The first-order valence-electron chi connectivity index (χ1n) is 9.62. The van der Waals surface area contributed by atoms with Crippen LogP contribution in [0.1, 0.15) is 30.9 Å². The number of hydrogen-bond donors (Lipinski definition) is 1. The number of methoxy groups -OCH3 is 1. The number of benzene rings is 1. The Labute approximate surface area is 152 Å². The molecule has 5 nitrogen and oxygen atoms in total. The summed E-state index contributed by atoms with van der Waals surface area (Å²) in [5, 5.41) is 10.5. The Bertz CT molecular complexity index is 531. The normalized spacial score (nSPS) is 25.0. The van der Waals surface area contributed by atoms with Crippen molar-refractivity contribution >= 4 is 0 Å². The van der Waals surface area contributed by atoms with E-state index in [4.69, 9.17) is 4.74 Å². The van der Waals surface area contributed by atoms with E-state index in [1.54, 1.807) is 7.11 Å². The number of aliphatic hydroxyl groups is 1. The van der Waals surface area contributed by atoms with Crippen LogP contribution in [0.2, 0.25) is 0 Å². The zero-order valence-electron chi connectivity index (χ0n) is 15.7. The molecule has 2 atom stereocenters. The molecule has 0 aliphatic carbocycles. The molecule has 1 aromatic carbocycles. The smallest absolute Gasteiger partial charge is 0.119 e. The molecule has 2 fully saturated rings. The number of rotatable bonds is 6. The largest absolute Gasteiger partial charge is 0.497 e. The van der Waals surface area contributed by atoms with Crippen molar-refractivity contribution in [2.75, 3.05) is 60.0 Å². The maximum absolute atomic E-state index is 10.5. The van der Waals surface area contributed by atoms with Gasteiger partial charge in [-0.2, -0.15) is 0 Å². The highest BCUT2D eigenvalue weighted by molar-refractivity contribution is 5.29. The third-order valence-corrected chi connectivity index (χ3v) is 5.77. The molecule has 25 heavy (non-hydrogen) atoms. The van der Waals surface area contributed by atoms with Gasteiger partial charge in [-0.25, -0.2) is 0 Å². The molecule has 2 unspecified atom stereocenters. The summed E-state index contributed by atoms with van der Waals surface area (Å²) in [6.45, 7) is 7.43. The van der Waals surface area contributed by atoms with E-state index in [9.17, 15) is 5.11 Å². The van der Waals surface area contributed by atoms with Gasteiger partial charge in [0.15, 0.2) is 0 Å². The SMILES string of the molecule is COc1cccc(C(O)CN2CCN(CC3CCCCN3C)CC2)c1. The lowest BCUT2D eigenvalue weighted by Gasteiger charge is -2.40. The summed E-state index contributed by atoms with van der Waals surface area (Å²) in [6, 6.07) is 8.48. The summed E-state index contributed by atoms with van der Waals surface area (Å²) in [5.41, 5.74) is 0.936. The summed E-state index contributed by atoms with van der Waals surface area (Å²) in [7, 11) is 3.93. The lowest BCUT2D eigenvalue weighted by Crippen LogP contribution is -2.52. The van der Waals surface area contributed by atoms with Gasteiger partial charge in [0.05, 0.1) is 13.2 Å². The number of likely N-dealkylation sites (tertiary alicyclic amines) is 1. The molecule has 0 bridgehead atoms. The molecule has 1 aromatic rings. The van der Waals surface area contributed by atoms with Crippen molar-refractivity contribution in [3.05, 3.63) is 29.8 Å². The van der Waals surface area contributed by atoms with Crippen LogP contribution in [-0.4, -0.2) is 85.8 Å². The molecule has 0 radical (unpaired) electrons. The van der Waals surface area contributed by atoms with Crippen molar-refractivity contribution < 1.29 is 9.84 Å². The Morgan fingerprint density at radius 3 is 2.60 bits per heavy atom. The molecule has 2 aliphatic rings. The summed E-state index contributed by atoms with van der Waals surface area (Å²) in [4.78, 5) is 7.51. The predicted octanol–water partition coefficient (Wildman–Crippen LogP) is 1.83. The third kappa shape index (κ3) is 5.17. The van der Waals surface area contributed by atoms with Crippen molar-refractivity contribution in [3.8, 4) is 5.75 Å². The molecule has 3 rings (SSSR count). The van der Waals surface area contributed by atoms with Crippen molar-refractivity contribution in [1.82, 2.24) is 14.7 Å². The molecule has 2 heterocycles. The average Bonchev–Trinajstić information content (AvgIpc) is 2.65. The van der Waals surface area contributed by atoms with E-state index >= 15 is 0 Å². The minimum absolute atomic E-state index is 0.453. The molecule has 0 amide bonds. The number of hydrogen-bond acceptors (Lipinski definition) is 5. The van der Waals surface area contributed by atoms with Crippen LogP contribution in [-0.2, 0) is 0 Å². The monoisotopic (exact) mass is 347 g/mol. The number of likely N-dealkylation sites (N-methyl/N-ethyl adjacent to an activating group) is 1. The Morgan fingerprint density at radius 2 is 1.88 bits per heavy atom. The van der Waals surface area contributed by atoms with E-state index in [2.05, 4.69) is 21.7 Å². The van der Waals surface area contributed by atoms with Gasteiger partial charge in [-0.15, -0.1) is 0 Å². The predicted molar refractivity (Wildman–Crippen MR) is 101 cm³/mol. The molecular formula is C20H33N3O2. The first kappa shape index (κ1) is 18.6. The molecule has 0 saturated carbocycles. The molecule has 2 saturated heterocycles. The molecular weight excluding hydrogens is 314 g/mol. The van der Waals surface area contributed by atoms with Crippen LogP contribution < -0.4 is 4.74 Å². The highest BCUT2D eigenvalue weighted by Crippen LogP contribution is 2.21. The van der Waals surface area contributed by atoms with E-state index < -0.39 is 6.10 Å². The van der Waals surface area contributed by atoms with Crippen LogP contribution in [0.25, 0.3) is 0 Å². The second kappa shape index (κ2) is 8.99. The van der Waals surface area contributed by atoms with Crippen molar-refractivity contribution in [3.63, 3.8) is 0 Å². The standard InChI is InChI=1S/C20H33N3O2/c1-21-9-4-3-7-18(21)15-22-10-12-23(13-11-22)16-20(24)17-6-5-8-19(14-17)25-2/h5-6,8,14,18,20,24H,3-4,7,9-13,15-16H2,1-2H3. The minimum atomic E-state index is -0.453. The lowest BCUT2D eigenvalue weighted by molar-refractivity contribution is 0.0551. The Kier molecular flexibility index (Phi) is 6.70. The van der Waals surface area contributed by atoms with Crippen molar-refractivity contribution in [2.24, 2.45) is 0 Å². The molecule has 0 spiro atoms. The van der Waals surface area contributed by atoms with Crippen LogP contribution in [0, 0.1) is 0 Å². The van der Waals surface area contributed by atoms with Crippen LogP contribution in [0.4, 0.5) is 0 Å². The highest BCUT2D eigenvalue weighted by atomic mass is 16.5.